The minimum atomic E-state index is -0.0290. The molecule has 0 atom stereocenters. The van der Waals surface area contributed by atoms with E-state index in [0.29, 0.717) is 0 Å². The normalized spacial score (nSPS) is 11.6. The Morgan fingerprint density at radius 3 is 2.05 bits per heavy atom. The van der Waals surface area contributed by atoms with Crippen molar-refractivity contribution in [2.75, 3.05) is 10.7 Å². The van der Waals surface area contributed by atoms with Crippen LogP contribution in [-0.2, 0) is 11.8 Å². The number of hydrogen-bond acceptors (Lipinski definition) is 0. The zero-order valence-corrected chi connectivity index (χ0v) is 15.4. The summed E-state index contributed by atoms with van der Waals surface area (Å²) in [6.45, 7) is 0. The van der Waals surface area contributed by atoms with Crippen molar-refractivity contribution >= 4 is 55.1 Å². The van der Waals surface area contributed by atoms with Gasteiger partial charge in [0.05, 0.1) is 0 Å². The SMILES string of the molecule is Clc1ccc(CC(CBr)(CBr)c2cccc(Cl)c2)cc1. The highest BCUT2D eigenvalue weighted by Crippen LogP contribution is 2.34. The summed E-state index contributed by atoms with van der Waals surface area (Å²) in [4.78, 5) is 0. The van der Waals surface area contributed by atoms with E-state index >= 15 is 0 Å². The molecule has 0 amide bonds. The molecule has 4 heteroatoms. The number of halogens is 4. The van der Waals surface area contributed by atoms with Crippen LogP contribution in [-0.4, -0.2) is 10.7 Å². The van der Waals surface area contributed by atoms with Gasteiger partial charge < -0.3 is 0 Å². The van der Waals surface area contributed by atoms with Crippen molar-refractivity contribution in [3.05, 3.63) is 69.7 Å². The molecule has 0 aliphatic rings. The molecule has 0 fully saturated rings. The summed E-state index contributed by atoms with van der Waals surface area (Å²) < 4.78 is 0. The van der Waals surface area contributed by atoms with Crippen molar-refractivity contribution < 1.29 is 0 Å². The third-order valence-electron chi connectivity index (χ3n) is 3.40. The molecule has 0 unspecified atom stereocenters. The Labute approximate surface area is 146 Å². The van der Waals surface area contributed by atoms with Crippen LogP contribution >= 0.6 is 55.1 Å². The highest BCUT2D eigenvalue weighted by atomic mass is 79.9. The Morgan fingerprint density at radius 2 is 1.50 bits per heavy atom. The van der Waals surface area contributed by atoms with E-state index in [0.717, 1.165) is 27.1 Å². The maximum absolute atomic E-state index is 6.14. The van der Waals surface area contributed by atoms with Crippen LogP contribution < -0.4 is 0 Å². The average molecular weight is 437 g/mol. The van der Waals surface area contributed by atoms with Crippen LogP contribution in [0.1, 0.15) is 11.1 Å². The molecule has 0 bridgehead atoms. The van der Waals surface area contributed by atoms with Crippen molar-refractivity contribution in [3.63, 3.8) is 0 Å². The maximum Gasteiger partial charge on any atom is 0.0408 e. The second kappa shape index (κ2) is 7.31. The van der Waals surface area contributed by atoms with E-state index in [1.165, 1.54) is 11.1 Å². The zero-order chi connectivity index (χ0) is 14.6. The average Bonchev–Trinajstić information content (AvgIpc) is 2.47. The van der Waals surface area contributed by atoms with Crippen molar-refractivity contribution in [1.29, 1.82) is 0 Å². The van der Waals surface area contributed by atoms with Gasteiger partial charge >= 0.3 is 0 Å². The van der Waals surface area contributed by atoms with Crippen LogP contribution in [0.15, 0.2) is 48.5 Å². The van der Waals surface area contributed by atoms with Crippen LogP contribution in [0.2, 0.25) is 10.0 Å². The van der Waals surface area contributed by atoms with Gasteiger partial charge in [-0.2, -0.15) is 0 Å². The van der Waals surface area contributed by atoms with Crippen LogP contribution in [0.4, 0.5) is 0 Å². The molecular weight excluding hydrogens is 423 g/mol. The van der Waals surface area contributed by atoms with Crippen LogP contribution in [0.5, 0.6) is 0 Å². The Morgan fingerprint density at radius 1 is 0.850 bits per heavy atom. The molecule has 0 heterocycles. The number of alkyl halides is 2. The lowest BCUT2D eigenvalue weighted by atomic mass is 9.79. The fourth-order valence-corrected chi connectivity index (χ4v) is 4.49. The third kappa shape index (κ3) is 3.79. The molecule has 2 rings (SSSR count). The molecule has 0 saturated carbocycles. The molecule has 0 N–H and O–H groups in total. The molecule has 0 saturated heterocycles. The molecule has 0 aromatic heterocycles. The molecule has 0 radical (unpaired) electrons. The first kappa shape index (κ1) is 16.4. The van der Waals surface area contributed by atoms with E-state index in [9.17, 15) is 0 Å². The monoisotopic (exact) mass is 434 g/mol. The largest absolute Gasteiger partial charge is 0.0918 e. The van der Waals surface area contributed by atoms with E-state index in [1.807, 2.05) is 30.3 Å². The first-order valence-electron chi connectivity index (χ1n) is 6.22. The van der Waals surface area contributed by atoms with Gasteiger partial charge in [0.2, 0.25) is 0 Å². The predicted molar refractivity (Wildman–Crippen MR) is 95.9 cm³/mol. The molecule has 2 aromatic rings. The van der Waals surface area contributed by atoms with E-state index in [-0.39, 0.29) is 5.41 Å². The standard InChI is InChI=1S/C16H14Br2Cl2/c17-10-16(11-18,13-2-1-3-15(20)8-13)9-12-4-6-14(19)7-5-12/h1-8H,9-11H2. The topological polar surface area (TPSA) is 0 Å². The molecule has 0 nitrogen and oxygen atoms in total. The van der Waals surface area contributed by atoms with Gasteiger partial charge in [0.1, 0.15) is 0 Å². The lowest BCUT2D eigenvalue weighted by molar-refractivity contribution is 0.551. The van der Waals surface area contributed by atoms with E-state index < -0.39 is 0 Å². The van der Waals surface area contributed by atoms with Gasteiger partial charge in [-0.3, -0.25) is 0 Å². The van der Waals surface area contributed by atoms with Gasteiger partial charge in [0, 0.05) is 26.1 Å². The van der Waals surface area contributed by atoms with Gasteiger partial charge in [-0.05, 0) is 41.8 Å². The number of hydrogen-bond donors (Lipinski definition) is 0. The molecule has 0 aliphatic carbocycles. The van der Waals surface area contributed by atoms with Gasteiger partial charge in [0.15, 0.2) is 0 Å². The second-order valence-electron chi connectivity index (χ2n) is 4.86. The summed E-state index contributed by atoms with van der Waals surface area (Å²) in [7, 11) is 0. The predicted octanol–water partition coefficient (Wildman–Crippen LogP) is 6.26. The molecule has 0 aliphatic heterocycles. The van der Waals surface area contributed by atoms with Gasteiger partial charge in [-0.1, -0.05) is 79.3 Å². The summed E-state index contributed by atoms with van der Waals surface area (Å²) in [5.74, 6) is 0. The minimum Gasteiger partial charge on any atom is -0.0918 e. The Bertz CT molecular complexity index is 563. The molecule has 0 spiro atoms. The van der Waals surface area contributed by atoms with E-state index in [2.05, 4.69) is 50.1 Å². The fourth-order valence-electron chi connectivity index (χ4n) is 2.20. The summed E-state index contributed by atoms with van der Waals surface area (Å²) in [5.41, 5.74) is 2.46. The Balaban J connectivity index is 2.36. The molecular formula is C16H14Br2Cl2. The van der Waals surface area contributed by atoms with Crippen LogP contribution in [0, 0.1) is 0 Å². The quantitative estimate of drug-likeness (QED) is 0.485. The van der Waals surface area contributed by atoms with Crippen LogP contribution in [0.3, 0.4) is 0 Å². The molecule has 20 heavy (non-hydrogen) atoms. The van der Waals surface area contributed by atoms with Crippen molar-refractivity contribution in [1.82, 2.24) is 0 Å². The molecule has 2 aromatic carbocycles. The lowest BCUT2D eigenvalue weighted by Gasteiger charge is -2.31. The summed E-state index contributed by atoms with van der Waals surface area (Å²) in [5, 5.41) is 3.24. The fraction of sp³-hybridized carbons (Fsp3) is 0.250. The highest BCUT2D eigenvalue weighted by Gasteiger charge is 2.30. The highest BCUT2D eigenvalue weighted by molar-refractivity contribution is 9.09. The van der Waals surface area contributed by atoms with Crippen molar-refractivity contribution in [2.45, 2.75) is 11.8 Å². The Hall–Kier alpha value is -0.0200. The van der Waals surface area contributed by atoms with Gasteiger partial charge in [0.25, 0.3) is 0 Å². The van der Waals surface area contributed by atoms with E-state index in [4.69, 9.17) is 23.2 Å². The summed E-state index contributed by atoms with van der Waals surface area (Å²) >= 11 is 19.4. The third-order valence-corrected chi connectivity index (χ3v) is 6.04. The first-order chi connectivity index (χ1) is 9.59. The summed E-state index contributed by atoms with van der Waals surface area (Å²) in [6, 6.07) is 16.1. The maximum atomic E-state index is 6.14. The van der Waals surface area contributed by atoms with Crippen molar-refractivity contribution in [3.8, 4) is 0 Å². The van der Waals surface area contributed by atoms with Crippen molar-refractivity contribution in [2.24, 2.45) is 0 Å². The van der Waals surface area contributed by atoms with Gasteiger partial charge in [-0.25, -0.2) is 0 Å². The minimum absolute atomic E-state index is 0.0290. The number of rotatable bonds is 5. The smallest absolute Gasteiger partial charge is 0.0408 e. The van der Waals surface area contributed by atoms with E-state index in [1.54, 1.807) is 0 Å². The van der Waals surface area contributed by atoms with Gasteiger partial charge in [-0.15, -0.1) is 0 Å². The second-order valence-corrected chi connectivity index (χ2v) is 6.86. The zero-order valence-electron chi connectivity index (χ0n) is 10.8. The Kier molecular flexibility index (Phi) is 5.97. The lowest BCUT2D eigenvalue weighted by Crippen LogP contribution is -2.33. The molecule has 106 valence electrons. The first-order valence-corrected chi connectivity index (χ1v) is 9.22. The van der Waals surface area contributed by atoms with Crippen LogP contribution in [0.25, 0.3) is 0 Å². The summed E-state index contributed by atoms with van der Waals surface area (Å²) in [6.07, 6.45) is 0.918. The number of benzene rings is 2.